The van der Waals surface area contributed by atoms with E-state index in [1.54, 1.807) is 0 Å². The molecule has 22 heavy (non-hydrogen) atoms. The maximum Gasteiger partial charge on any atom is 0.259 e. The topological polar surface area (TPSA) is 179 Å². The van der Waals surface area contributed by atoms with Crippen LogP contribution in [-0.2, 0) is 9.53 Å². The van der Waals surface area contributed by atoms with Crippen LogP contribution in [0.3, 0.4) is 0 Å². The van der Waals surface area contributed by atoms with Gasteiger partial charge in [-0.2, -0.15) is 4.99 Å². The molecule has 0 spiro atoms. The summed E-state index contributed by atoms with van der Waals surface area (Å²) in [4.78, 5) is 23.4. The molecular formula is C10H12N8O4. The van der Waals surface area contributed by atoms with Crippen molar-refractivity contribution in [2.24, 2.45) is 15.1 Å². The van der Waals surface area contributed by atoms with Crippen LogP contribution >= 0.6 is 0 Å². The number of amidine groups is 1. The Hall–Kier alpha value is -2.53. The third-order valence-corrected chi connectivity index (χ3v) is 3.50. The number of carbonyl (C=O) groups is 1. The van der Waals surface area contributed by atoms with Crippen molar-refractivity contribution in [1.82, 2.24) is 10.2 Å². The minimum absolute atomic E-state index is 0.134. The molecular weight excluding hydrogens is 296 g/mol. The highest BCUT2D eigenvalue weighted by Crippen LogP contribution is 2.27. The summed E-state index contributed by atoms with van der Waals surface area (Å²) in [5.41, 5.74) is 8.31. The first-order valence-electron chi connectivity index (χ1n) is 6.35. The fourth-order valence-electron chi connectivity index (χ4n) is 2.46. The van der Waals surface area contributed by atoms with E-state index in [2.05, 4.69) is 25.3 Å². The van der Waals surface area contributed by atoms with Gasteiger partial charge in [-0.25, -0.2) is 0 Å². The second-order valence-corrected chi connectivity index (χ2v) is 4.84. The summed E-state index contributed by atoms with van der Waals surface area (Å²) in [6.45, 7) is -0.150. The van der Waals surface area contributed by atoms with Crippen molar-refractivity contribution in [2.75, 3.05) is 6.54 Å². The molecule has 1 fully saturated rings. The molecule has 12 heteroatoms. The minimum Gasteiger partial charge on any atom is -0.388 e. The normalized spacial score (nSPS) is 36.7. The largest absolute Gasteiger partial charge is 0.388 e. The van der Waals surface area contributed by atoms with Crippen LogP contribution in [-0.4, -0.2) is 76.3 Å². The summed E-state index contributed by atoms with van der Waals surface area (Å²) < 4.78 is 5.48. The lowest BCUT2D eigenvalue weighted by atomic mass is 10.1. The lowest BCUT2D eigenvalue weighted by Gasteiger charge is -2.28. The molecule has 3 heterocycles. The summed E-state index contributed by atoms with van der Waals surface area (Å²) >= 11 is 0. The van der Waals surface area contributed by atoms with Crippen LogP contribution in [0.1, 0.15) is 0 Å². The number of carbonyl (C=O) groups excluding carboxylic acids is 1. The number of guanidine groups is 1. The van der Waals surface area contributed by atoms with Crippen molar-refractivity contribution in [1.29, 1.82) is 5.41 Å². The Balaban J connectivity index is 1.83. The highest BCUT2D eigenvalue weighted by molar-refractivity contribution is 6.23. The van der Waals surface area contributed by atoms with Crippen molar-refractivity contribution in [2.45, 2.75) is 30.6 Å². The van der Waals surface area contributed by atoms with E-state index in [-0.39, 0.29) is 18.3 Å². The van der Waals surface area contributed by atoms with Crippen LogP contribution in [0.25, 0.3) is 10.4 Å². The summed E-state index contributed by atoms with van der Waals surface area (Å²) in [5, 5.41) is 33.0. The van der Waals surface area contributed by atoms with Crippen LogP contribution in [0.5, 0.6) is 0 Å². The fraction of sp³-hybridized carbons (Fsp3) is 0.600. The molecule has 1 saturated heterocycles. The number of amides is 1. The van der Waals surface area contributed by atoms with Gasteiger partial charge in [0, 0.05) is 4.91 Å². The molecule has 12 nitrogen and oxygen atoms in total. The van der Waals surface area contributed by atoms with E-state index in [1.807, 2.05) is 0 Å². The van der Waals surface area contributed by atoms with Crippen LogP contribution in [0.15, 0.2) is 15.1 Å². The lowest BCUT2D eigenvalue weighted by molar-refractivity contribution is -0.119. The molecule has 1 unspecified atom stereocenters. The van der Waals surface area contributed by atoms with E-state index in [0.717, 1.165) is 0 Å². The second-order valence-electron chi connectivity index (χ2n) is 4.84. The van der Waals surface area contributed by atoms with Gasteiger partial charge in [0.05, 0.1) is 19.0 Å². The van der Waals surface area contributed by atoms with Gasteiger partial charge in [-0.1, -0.05) is 5.11 Å². The number of rotatable bonds is 3. The molecule has 116 valence electrons. The van der Waals surface area contributed by atoms with Crippen LogP contribution in [0.2, 0.25) is 0 Å². The third-order valence-electron chi connectivity index (χ3n) is 3.50. The zero-order valence-electron chi connectivity index (χ0n) is 11.1. The molecule has 0 aromatic carbocycles. The van der Waals surface area contributed by atoms with Crippen molar-refractivity contribution in [3.8, 4) is 0 Å². The maximum absolute atomic E-state index is 11.7. The Morgan fingerprint density at radius 1 is 1.55 bits per heavy atom. The molecule has 1 amide bonds. The van der Waals surface area contributed by atoms with E-state index < -0.39 is 36.5 Å². The van der Waals surface area contributed by atoms with Gasteiger partial charge in [-0.15, -0.1) is 0 Å². The van der Waals surface area contributed by atoms with Gasteiger partial charge >= 0.3 is 0 Å². The Morgan fingerprint density at radius 3 is 3.05 bits per heavy atom. The van der Waals surface area contributed by atoms with E-state index in [9.17, 15) is 15.0 Å². The second kappa shape index (κ2) is 5.35. The summed E-state index contributed by atoms with van der Waals surface area (Å²) in [7, 11) is 0. The first-order valence-corrected chi connectivity index (χ1v) is 6.35. The number of nitrogens with one attached hydrogen (secondary N) is 2. The zero-order chi connectivity index (χ0) is 15.9. The van der Waals surface area contributed by atoms with Crippen molar-refractivity contribution >= 4 is 24.0 Å². The molecule has 0 aromatic heterocycles. The predicted molar refractivity (Wildman–Crippen MR) is 72.1 cm³/mol. The quantitative estimate of drug-likeness (QED) is 0.265. The number of aliphatic hydroxyl groups is 2. The number of hydrogen-bond donors (Lipinski definition) is 4. The van der Waals surface area contributed by atoms with Gasteiger partial charge in [-0.05, 0) is 5.53 Å². The number of hydrogen-bond acceptors (Lipinski definition) is 8. The molecule has 0 aromatic rings. The van der Waals surface area contributed by atoms with Crippen molar-refractivity contribution < 1.29 is 19.7 Å². The Bertz CT molecular complexity index is 626. The average molecular weight is 308 g/mol. The zero-order valence-corrected chi connectivity index (χ0v) is 11.1. The van der Waals surface area contributed by atoms with E-state index in [0.29, 0.717) is 0 Å². The standard InChI is InChI=1S/C10H12N8O4/c11-10-15-7-4(8(21)16-10)13-2-18(7)9-6(20)5(19)3(22-9)1-14-17-12/h2-6,9,19-20H,1H2,(H2,11,16,21)/t3-,4?,5-,6-,9-/m1/s1. The summed E-state index contributed by atoms with van der Waals surface area (Å²) in [5.74, 6) is -0.715. The van der Waals surface area contributed by atoms with Gasteiger partial charge in [0.2, 0.25) is 5.96 Å². The Labute approximate surface area is 123 Å². The molecule has 0 aliphatic carbocycles. The first-order chi connectivity index (χ1) is 10.5. The summed E-state index contributed by atoms with van der Waals surface area (Å²) in [6, 6.07) is -0.918. The van der Waals surface area contributed by atoms with Crippen LogP contribution in [0, 0.1) is 5.41 Å². The number of fused-ring (bicyclic) bond motifs is 1. The SMILES string of the molecule is [N-]=[N+]=NC[C@H]1O[C@@H](N2C=NC3C(=O)NC(=N)N=C32)[C@H](O)[C@@H]1O. The van der Waals surface area contributed by atoms with Crippen LogP contribution < -0.4 is 5.32 Å². The summed E-state index contributed by atoms with van der Waals surface area (Å²) in [6.07, 6.45) is -3.25. The Morgan fingerprint density at radius 2 is 2.32 bits per heavy atom. The molecule has 0 saturated carbocycles. The number of azide groups is 1. The van der Waals surface area contributed by atoms with Gasteiger partial charge in [0.25, 0.3) is 5.91 Å². The average Bonchev–Trinajstić information content (AvgIpc) is 3.00. The number of aliphatic imine (C=N–C) groups is 2. The molecule has 5 atom stereocenters. The minimum atomic E-state index is -1.31. The molecule has 3 aliphatic heterocycles. The molecule has 0 bridgehead atoms. The van der Waals surface area contributed by atoms with E-state index >= 15 is 0 Å². The number of nitrogens with zero attached hydrogens (tertiary/aromatic N) is 6. The van der Waals surface area contributed by atoms with Gasteiger partial charge in [-0.3, -0.25) is 25.4 Å². The lowest BCUT2D eigenvalue weighted by Crippen LogP contribution is -2.53. The highest BCUT2D eigenvalue weighted by atomic mass is 16.6. The first kappa shape index (κ1) is 14.4. The van der Waals surface area contributed by atoms with Gasteiger partial charge < -0.3 is 14.9 Å². The molecule has 0 radical (unpaired) electrons. The number of ether oxygens (including phenoxy) is 1. The maximum atomic E-state index is 11.7. The van der Waals surface area contributed by atoms with Crippen molar-refractivity contribution in [3.63, 3.8) is 0 Å². The molecule has 3 rings (SSSR count). The fourth-order valence-corrected chi connectivity index (χ4v) is 2.46. The van der Waals surface area contributed by atoms with E-state index in [1.165, 1.54) is 11.2 Å². The third kappa shape index (κ3) is 2.19. The highest BCUT2D eigenvalue weighted by Gasteiger charge is 2.49. The van der Waals surface area contributed by atoms with E-state index in [4.69, 9.17) is 15.7 Å². The van der Waals surface area contributed by atoms with Crippen LogP contribution in [0.4, 0.5) is 0 Å². The molecule has 3 aliphatic rings. The predicted octanol–water partition coefficient (Wildman–Crippen LogP) is -2.08. The Kier molecular flexibility index (Phi) is 3.50. The van der Waals surface area contributed by atoms with Gasteiger partial charge in [0.1, 0.15) is 12.2 Å². The smallest absolute Gasteiger partial charge is 0.259 e. The van der Waals surface area contributed by atoms with Gasteiger partial charge in [0.15, 0.2) is 18.1 Å². The molecule has 4 N–H and O–H groups in total. The van der Waals surface area contributed by atoms with Crippen molar-refractivity contribution in [3.05, 3.63) is 10.4 Å². The monoisotopic (exact) mass is 308 g/mol. The number of aliphatic hydroxyl groups excluding tert-OH is 2.